The first-order chi connectivity index (χ1) is 5.77. The van der Waals surface area contributed by atoms with Gasteiger partial charge in [0.25, 0.3) is 0 Å². The van der Waals surface area contributed by atoms with Gasteiger partial charge in [-0.1, -0.05) is 12.2 Å². The van der Waals surface area contributed by atoms with Crippen LogP contribution >= 0.6 is 0 Å². The summed E-state index contributed by atoms with van der Waals surface area (Å²) in [5.74, 6) is 0.979. The monoisotopic (exact) mass is 165 g/mol. The van der Waals surface area contributed by atoms with Crippen LogP contribution in [0.15, 0.2) is 30.3 Å². The third kappa shape index (κ3) is 1.95. The van der Waals surface area contributed by atoms with E-state index in [4.69, 9.17) is 5.73 Å². The van der Waals surface area contributed by atoms with Gasteiger partial charge in [-0.25, -0.2) is 0 Å². The van der Waals surface area contributed by atoms with Crippen LogP contribution in [0.3, 0.4) is 0 Å². The van der Waals surface area contributed by atoms with Crippen molar-refractivity contribution in [3.8, 4) is 0 Å². The lowest BCUT2D eigenvalue weighted by atomic mass is 10.1. The Morgan fingerprint density at radius 2 is 2.50 bits per heavy atom. The third-order valence-electron chi connectivity index (χ3n) is 1.89. The number of hydrogen-bond acceptors (Lipinski definition) is 3. The van der Waals surface area contributed by atoms with Gasteiger partial charge in [-0.15, -0.1) is 13.2 Å². The van der Waals surface area contributed by atoms with Gasteiger partial charge < -0.3 is 11.1 Å². The Balaban J connectivity index is 2.51. The molecule has 1 rings (SSSR count). The van der Waals surface area contributed by atoms with Crippen molar-refractivity contribution in [2.45, 2.75) is 18.5 Å². The number of rotatable bonds is 4. The summed E-state index contributed by atoms with van der Waals surface area (Å²) in [7, 11) is 0. The van der Waals surface area contributed by atoms with Crippen molar-refractivity contribution >= 4 is 5.84 Å². The molecule has 0 spiro atoms. The molecule has 1 heterocycles. The Labute approximate surface area is 73.1 Å². The molecular formula is C9H15N3. The van der Waals surface area contributed by atoms with Crippen LogP contribution in [0.5, 0.6) is 0 Å². The smallest absolute Gasteiger partial charge is 0.101 e. The summed E-state index contributed by atoms with van der Waals surface area (Å²) in [5, 5.41) is 3.17. The predicted molar refractivity (Wildman–Crippen MR) is 52.2 cm³/mol. The first-order valence-corrected chi connectivity index (χ1v) is 4.07. The fourth-order valence-corrected chi connectivity index (χ4v) is 1.15. The molecule has 3 nitrogen and oxygen atoms in total. The molecule has 66 valence electrons. The van der Waals surface area contributed by atoms with Crippen molar-refractivity contribution in [1.29, 1.82) is 0 Å². The quantitative estimate of drug-likeness (QED) is 0.594. The second-order valence-corrected chi connectivity index (χ2v) is 2.83. The van der Waals surface area contributed by atoms with Crippen LogP contribution in [-0.4, -0.2) is 24.5 Å². The highest BCUT2D eigenvalue weighted by Gasteiger charge is 2.19. The van der Waals surface area contributed by atoms with E-state index in [0.717, 1.165) is 18.8 Å². The summed E-state index contributed by atoms with van der Waals surface area (Å²) in [4.78, 5) is 4.39. The minimum atomic E-state index is -0.0418. The molecule has 3 heteroatoms. The highest BCUT2D eigenvalue weighted by molar-refractivity contribution is 5.85. The second-order valence-electron chi connectivity index (χ2n) is 2.83. The lowest BCUT2D eigenvalue weighted by Crippen LogP contribution is -2.34. The Hall–Kier alpha value is -1.09. The molecule has 3 N–H and O–H groups in total. The molecule has 2 unspecified atom stereocenters. The maximum Gasteiger partial charge on any atom is 0.101 e. The third-order valence-corrected chi connectivity index (χ3v) is 1.89. The molecular weight excluding hydrogens is 150 g/mol. The fourth-order valence-electron chi connectivity index (χ4n) is 1.15. The van der Waals surface area contributed by atoms with Crippen molar-refractivity contribution in [1.82, 2.24) is 5.32 Å². The lowest BCUT2D eigenvalue weighted by molar-refractivity contribution is 0.622. The number of amidine groups is 1. The van der Waals surface area contributed by atoms with Crippen molar-refractivity contribution in [2.75, 3.05) is 6.54 Å². The van der Waals surface area contributed by atoms with Gasteiger partial charge in [0.1, 0.15) is 5.84 Å². The van der Waals surface area contributed by atoms with Gasteiger partial charge in [0.2, 0.25) is 0 Å². The van der Waals surface area contributed by atoms with Gasteiger partial charge in [0, 0.05) is 19.0 Å². The van der Waals surface area contributed by atoms with Gasteiger partial charge in [0.05, 0.1) is 6.04 Å². The van der Waals surface area contributed by atoms with E-state index >= 15 is 0 Å². The van der Waals surface area contributed by atoms with Gasteiger partial charge in [-0.2, -0.15) is 0 Å². The zero-order valence-corrected chi connectivity index (χ0v) is 7.16. The normalized spacial score (nSPS) is 24.1. The molecule has 0 radical (unpaired) electrons. The average molecular weight is 165 g/mol. The number of hydrogen-bond donors (Lipinski definition) is 2. The van der Waals surface area contributed by atoms with Gasteiger partial charge in [0.15, 0.2) is 0 Å². The molecule has 0 aromatic heterocycles. The number of nitrogens with zero attached hydrogens (tertiary/aromatic N) is 1. The molecule has 2 atom stereocenters. The van der Waals surface area contributed by atoms with E-state index in [1.165, 1.54) is 0 Å². The summed E-state index contributed by atoms with van der Waals surface area (Å²) in [6, 6.07) is 0.109. The number of nitrogens with one attached hydrogen (secondary N) is 1. The molecule has 0 saturated heterocycles. The summed E-state index contributed by atoms with van der Waals surface area (Å²) in [6.07, 6.45) is 4.35. The van der Waals surface area contributed by atoms with E-state index < -0.39 is 0 Å². The summed E-state index contributed by atoms with van der Waals surface area (Å²) >= 11 is 0. The van der Waals surface area contributed by atoms with Crippen LogP contribution in [0.2, 0.25) is 0 Å². The van der Waals surface area contributed by atoms with E-state index in [1.54, 1.807) is 6.08 Å². The standard InChI is InChI=1S/C9H15N3/c1-3-5-9-11-6-8(12-9)7(10)4-2/h3-4,7-8H,1-2,5-6,10H2,(H,11,12). The number of aliphatic imine (C=N–C) groups is 1. The van der Waals surface area contributed by atoms with Gasteiger partial charge >= 0.3 is 0 Å². The molecule has 1 aliphatic heterocycles. The zero-order valence-electron chi connectivity index (χ0n) is 7.16. The Morgan fingerprint density at radius 1 is 1.75 bits per heavy atom. The van der Waals surface area contributed by atoms with Crippen LogP contribution in [0.4, 0.5) is 0 Å². The molecule has 0 fully saturated rings. The molecule has 1 aliphatic rings. The molecule has 0 aliphatic carbocycles. The van der Waals surface area contributed by atoms with Crippen molar-refractivity contribution < 1.29 is 0 Å². The molecule has 12 heavy (non-hydrogen) atoms. The van der Waals surface area contributed by atoms with E-state index in [2.05, 4.69) is 23.5 Å². The SMILES string of the molecule is C=CCC1=NC(C(N)C=C)CN1. The highest BCUT2D eigenvalue weighted by Crippen LogP contribution is 2.04. The van der Waals surface area contributed by atoms with E-state index in [0.29, 0.717) is 0 Å². The predicted octanol–water partition coefficient (Wildman–Crippen LogP) is 0.446. The maximum atomic E-state index is 5.75. The van der Waals surface area contributed by atoms with Gasteiger partial charge in [-0.05, 0) is 0 Å². The summed E-state index contributed by atoms with van der Waals surface area (Å²) in [5.41, 5.74) is 5.75. The topological polar surface area (TPSA) is 50.4 Å². The van der Waals surface area contributed by atoms with Crippen molar-refractivity contribution in [2.24, 2.45) is 10.7 Å². The van der Waals surface area contributed by atoms with Gasteiger partial charge in [-0.3, -0.25) is 4.99 Å². The highest BCUT2D eigenvalue weighted by atomic mass is 15.1. The first kappa shape index (κ1) is 9.00. The van der Waals surface area contributed by atoms with Crippen molar-refractivity contribution in [3.63, 3.8) is 0 Å². The van der Waals surface area contributed by atoms with E-state index in [-0.39, 0.29) is 12.1 Å². The van der Waals surface area contributed by atoms with E-state index in [1.807, 2.05) is 6.08 Å². The molecule has 0 bridgehead atoms. The fraction of sp³-hybridized carbons (Fsp3) is 0.444. The molecule has 0 saturated carbocycles. The Kier molecular flexibility index (Phi) is 3.05. The van der Waals surface area contributed by atoms with Crippen LogP contribution < -0.4 is 11.1 Å². The van der Waals surface area contributed by atoms with Crippen molar-refractivity contribution in [3.05, 3.63) is 25.3 Å². The lowest BCUT2D eigenvalue weighted by Gasteiger charge is -2.09. The Morgan fingerprint density at radius 3 is 3.08 bits per heavy atom. The van der Waals surface area contributed by atoms with E-state index in [9.17, 15) is 0 Å². The molecule has 0 aromatic carbocycles. The molecule has 0 aromatic rings. The van der Waals surface area contributed by atoms with Crippen LogP contribution in [0, 0.1) is 0 Å². The zero-order chi connectivity index (χ0) is 8.97. The van der Waals surface area contributed by atoms with Crippen LogP contribution in [0.1, 0.15) is 6.42 Å². The first-order valence-electron chi connectivity index (χ1n) is 4.07. The summed E-state index contributed by atoms with van der Waals surface area (Å²) < 4.78 is 0. The van der Waals surface area contributed by atoms with Crippen LogP contribution in [0.25, 0.3) is 0 Å². The Bertz CT molecular complexity index is 208. The largest absolute Gasteiger partial charge is 0.371 e. The second kappa shape index (κ2) is 4.07. The maximum absolute atomic E-state index is 5.75. The average Bonchev–Trinajstić information content (AvgIpc) is 2.52. The molecule has 0 amide bonds. The minimum Gasteiger partial charge on any atom is -0.371 e. The number of nitrogens with two attached hydrogens (primary N) is 1. The minimum absolute atomic E-state index is 0.0418. The summed E-state index contributed by atoms with van der Waals surface area (Å²) in [6.45, 7) is 8.09. The van der Waals surface area contributed by atoms with Crippen LogP contribution in [-0.2, 0) is 0 Å².